The standard InChI is InChI=1S/C20H22N2O4/c1-14(26-18-9-6-16(13-21)12-19(18)25-3)20(23)22-11-10-15-4-7-17(24-2)8-5-15/h4-9,12,14H,10-11H2,1-3H3,(H,22,23). The molecule has 2 aromatic rings. The van der Waals surface area contributed by atoms with Crippen molar-refractivity contribution in [3.05, 3.63) is 53.6 Å². The molecule has 26 heavy (non-hydrogen) atoms. The van der Waals surface area contributed by atoms with E-state index in [4.69, 9.17) is 19.5 Å². The van der Waals surface area contributed by atoms with E-state index in [1.54, 1.807) is 32.2 Å². The van der Waals surface area contributed by atoms with E-state index in [-0.39, 0.29) is 5.91 Å². The predicted molar refractivity (Wildman–Crippen MR) is 97.5 cm³/mol. The van der Waals surface area contributed by atoms with Crippen LogP contribution >= 0.6 is 0 Å². The molecule has 6 heteroatoms. The number of nitriles is 1. The van der Waals surface area contributed by atoms with E-state index < -0.39 is 6.10 Å². The van der Waals surface area contributed by atoms with Gasteiger partial charge < -0.3 is 19.5 Å². The van der Waals surface area contributed by atoms with E-state index in [9.17, 15) is 4.79 Å². The van der Waals surface area contributed by atoms with Gasteiger partial charge >= 0.3 is 0 Å². The minimum Gasteiger partial charge on any atom is -0.497 e. The van der Waals surface area contributed by atoms with Crippen LogP contribution in [0.2, 0.25) is 0 Å². The van der Waals surface area contributed by atoms with Crippen molar-refractivity contribution in [2.75, 3.05) is 20.8 Å². The van der Waals surface area contributed by atoms with E-state index >= 15 is 0 Å². The van der Waals surface area contributed by atoms with Gasteiger partial charge in [0.15, 0.2) is 17.6 Å². The SMILES string of the molecule is COc1ccc(CCNC(=O)C(C)Oc2ccc(C#N)cc2OC)cc1. The average molecular weight is 354 g/mol. The number of rotatable bonds is 8. The number of benzene rings is 2. The van der Waals surface area contributed by atoms with Crippen molar-refractivity contribution in [3.63, 3.8) is 0 Å². The fraction of sp³-hybridized carbons (Fsp3) is 0.300. The zero-order valence-electron chi connectivity index (χ0n) is 15.1. The second kappa shape index (κ2) is 9.33. The van der Waals surface area contributed by atoms with Crippen molar-refractivity contribution in [3.8, 4) is 23.3 Å². The molecule has 0 heterocycles. The smallest absolute Gasteiger partial charge is 0.260 e. The number of nitrogens with zero attached hydrogens (tertiary/aromatic N) is 1. The number of carbonyl (C=O) groups excluding carboxylic acids is 1. The molecular weight excluding hydrogens is 332 g/mol. The highest BCUT2D eigenvalue weighted by Crippen LogP contribution is 2.28. The lowest BCUT2D eigenvalue weighted by atomic mass is 10.1. The van der Waals surface area contributed by atoms with Gasteiger partial charge in [0.2, 0.25) is 0 Å². The fourth-order valence-electron chi connectivity index (χ4n) is 2.34. The van der Waals surface area contributed by atoms with Gasteiger partial charge in [-0.2, -0.15) is 5.26 Å². The van der Waals surface area contributed by atoms with Crippen LogP contribution in [0, 0.1) is 11.3 Å². The molecule has 0 aliphatic carbocycles. The normalized spacial score (nSPS) is 11.2. The Balaban J connectivity index is 1.86. The quantitative estimate of drug-likeness (QED) is 0.788. The third-order valence-corrected chi connectivity index (χ3v) is 3.84. The Kier molecular flexibility index (Phi) is 6.86. The van der Waals surface area contributed by atoms with Gasteiger partial charge in [-0.1, -0.05) is 12.1 Å². The molecule has 0 aliphatic rings. The third-order valence-electron chi connectivity index (χ3n) is 3.84. The second-order valence-corrected chi connectivity index (χ2v) is 5.63. The van der Waals surface area contributed by atoms with Crippen LogP contribution in [0.3, 0.4) is 0 Å². The second-order valence-electron chi connectivity index (χ2n) is 5.63. The Bertz CT molecular complexity index is 781. The summed E-state index contributed by atoms with van der Waals surface area (Å²) in [7, 11) is 3.11. The number of ether oxygens (including phenoxy) is 3. The maximum Gasteiger partial charge on any atom is 0.260 e. The lowest BCUT2D eigenvalue weighted by Gasteiger charge is -2.17. The molecule has 0 radical (unpaired) electrons. The first-order valence-corrected chi connectivity index (χ1v) is 8.22. The fourth-order valence-corrected chi connectivity index (χ4v) is 2.34. The van der Waals surface area contributed by atoms with Crippen LogP contribution in [0.1, 0.15) is 18.1 Å². The number of hydrogen-bond donors (Lipinski definition) is 1. The first-order chi connectivity index (χ1) is 12.6. The Morgan fingerprint density at radius 1 is 1.12 bits per heavy atom. The van der Waals surface area contributed by atoms with Gasteiger partial charge in [-0.15, -0.1) is 0 Å². The molecule has 0 fully saturated rings. The van der Waals surface area contributed by atoms with Crippen molar-refractivity contribution in [1.82, 2.24) is 5.32 Å². The first kappa shape index (κ1) is 19.1. The zero-order valence-corrected chi connectivity index (χ0v) is 15.1. The van der Waals surface area contributed by atoms with Crippen molar-refractivity contribution in [2.24, 2.45) is 0 Å². The van der Waals surface area contributed by atoms with E-state index in [2.05, 4.69) is 5.32 Å². The van der Waals surface area contributed by atoms with Gasteiger partial charge in [0.1, 0.15) is 5.75 Å². The Labute approximate surface area is 153 Å². The Hall–Kier alpha value is -3.20. The molecule has 0 spiro atoms. The summed E-state index contributed by atoms with van der Waals surface area (Å²) in [6.45, 7) is 2.17. The molecule has 1 amide bonds. The third kappa shape index (κ3) is 5.15. The van der Waals surface area contributed by atoms with Gasteiger partial charge in [0, 0.05) is 12.6 Å². The molecule has 136 valence electrons. The lowest BCUT2D eigenvalue weighted by Crippen LogP contribution is -2.37. The molecule has 0 saturated carbocycles. The van der Waals surface area contributed by atoms with Crippen LogP contribution in [0.25, 0.3) is 0 Å². The van der Waals surface area contributed by atoms with Crippen molar-refractivity contribution in [2.45, 2.75) is 19.4 Å². The summed E-state index contributed by atoms with van der Waals surface area (Å²) < 4.78 is 16.0. The predicted octanol–water partition coefficient (Wildman–Crippen LogP) is 2.70. The van der Waals surface area contributed by atoms with Crippen LogP contribution in [-0.2, 0) is 11.2 Å². The Morgan fingerprint density at radius 2 is 1.85 bits per heavy atom. The van der Waals surface area contributed by atoms with E-state index in [0.29, 0.717) is 30.0 Å². The molecule has 1 unspecified atom stereocenters. The number of methoxy groups -OCH3 is 2. The molecule has 2 aromatic carbocycles. The minimum atomic E-state index is -0.687. The summed E-state index contributed by atoms with van der Waals surface area (Å²) in [4.78, 5) is 12.2. The summed E-state index contributed by atoms with van der Waals surface area (Å²) in [6, 6.07) is 14.6. The zero-order chi connectivity index (χ0) is 18.9. The topological polar surface area (TPSA) is 80.6 Å². The molecule has 0 aromatic heterocycles. The Morgan fingerprint density at radius 3 is 2.46 bits per heavy atom. The molecule has 1 atom stereocenters. The van der Waals surface area contributed by atoms with E-state index in [1.165, 1.54) is 7.11 Å². The lowest BCUT2D eigenvalue weighted by molar-refractivity contribution is -0.127. The van der Waals surface area contributed by atoms with Gasteiger partial charge in [0.25, 0.3) is 5.91 Å². The van der Waals surface area contributed by atoms with Crippen molar-refractivity contribution >= 4 is 5.91 Å². The maximum absolute atomic E-state index is 12.2. The van der Waals surface area contributed by atoms with Crippen LogP contribution in [-0.4, -0.2) is 32.8 Å². The maximum atomic E-state index is 12.2. The monoisotopic (exact) mass is 354 g/mol. The first-order valence-electron chi connectivity index (χ1n) is 8.22. The summed E-state index contributed by atoms with van der Waals surface area (Å²) in [5.74, 6) is 1.42. The highest BCUT2D eigenvalue weighted by atomic mass is 16.5. The number of amides is 1. The average Bonchev–Trinajstić information content (AvgIpc) is 2.68. The number of nitrogens with one attached hydrogen (secondary N) is 1. The van der Waals surface area contributed by atoms with E-state index in [0.717, 1.165) is 11.3 Å². The van der Waals surface area contributed by atoms with Crippen LogP contribution in [0.4, 0.5) is 0 Å². The largest absolute Gasteiger partial charge is 0.497 e. The molecule has 0 saturated heterocycles. The highest BCUT2D eigenvalue weighted by molar-refractivity contribution is 5.80. The van der Waals surface area contributed by atoms with Crippen LogP contribution in [0.5, 0.6) is 17.2 Å². The van der Waals surface area contributed by atoms with Crippen LogP contribution in [0.15, 0.2) is 42.5 Å². The van der Waals surface area contributed by atoms with Crippen LogP contribution < -0.4 is 19.5 Å². The number of carbonyl (C=O) groups is 1. The number of hydrogen-bond acceptors (Lipinski definition) is 5. The molecular formula is C20H22N2O4. The van der Waals surface area contributed by atoms with Crippen molar-refractivity contribution in [1.29, 1.82) is 5.26 Å². The summed E-state index contributed by atoms with van der Waals surface area (Å²) in [5, 5.41) is 11.8. The van der Waals surface area contributed by atoms with Gasteiger partial charge in [-0.3, -0.25) is 4.79 Å². The summed E-state index contributed by atoms with van der Waals surface area (Å²) in [5.41, 5.74) is 1.57. The van der Waals surface area contributed by atoms with E-state index in [1.807, 2.05) is 30.3 Å². The molecule has 0 bridgehead atoms. The molecule has 1 N–H and O–H groups in total. The van der Waals surface area contributed by atoms with Gasteiger partial charge in [-0.05, 0) is 43.2 Å². The molecule has 0 aliphatic heterocycles. The summed E-state index contributed by atoms with van der Waals surface area (Å²) in [6.07, 6.45) is 0.0236. The highest BCUT2D eigenvalue weighted by Gasteiger charge is 2.16. The molecule has 2 rings (SSSR count). The van der Waals surface area contributed by atoms with Gasteiger partial charge in [0.05, 0.1) is 25.9 Å². The summed E-state index contributed by atoms with van der Waals surface area (Å²) >= 11 is 0. The van der Waals surface area contributed by atoms with Gasteiger partial charge in [-0.25, -0.2) is 0 Å². The molecule has 6 nitrogen and oxygen atoms in total. The minimum absolute atomic E-state index is 0.218. The van der Waals surface area contributed by atoms with Crippen molar-refractivity contribution < 1.29 is 19.0 Å².